The molecule has 0 bridgehead atoms. The zero-order valence-corrected chi connectivity index (χ0v) is 21.0. The number of ether oxygens (including phenoxy) is 1. The number of carbonyl (C=O) groups is 1. The molecule has 0 unspecified atom stereocenters. The highest BCUT2D eigenvalue weighted by atomic mass is 16.5. The van der Waals surface area contributed by atoms with Gasteiger partial charge in [-0.25, -0.2) is 4.79 Å². The van der Waals surface area contributed by atoms with E-state index in [9.17, 15) is 20.1 Å². The van der Waals surface area contributed by atoms with E-state index in [1.165, 1.54) is 0 Å². The van der Waals surface area contributed by atoms with Crippen molar-refractivity contribution in [1.82, 2.24) is 0 Å². The first-order valence-electron chi connectivity index (χ1n) is 13.6. The molecule has 6 rings (SSSR count). The van der Waals surface area contributed by atoms with E-state index in [1.807, 2.05) is 36.5 Å². The monoisotopic (exact) mass is 494 g/mol. The number of para-hydroxylation sites is 1. The summed E-state index contributed by atoms with van der Waals surface area (Å²) in [6.45, 7) is 2.54. The van der Waals surface area contributed by atoms with Gasteiger partial charge in [-0.3, -0.25) is 5.43 Å². The highest BCUT2D eigenvalue weighted by Crippen LogP contribution is 2.70. The number of aliphatic hydroxyl groups excluding tert-OH is 1. The van der Waals surface area contributed by atoms with Gasteiger partial charge in [0.1, 0.15) is 6.61 Å². The predicted molar refractivity (Wildman–Crippen MR) is 136 cm³/mol. The van der Waals surface area contributed by atoms with Gasteiger partial charge in [0, 0.05) is 29.5 Å². The molecule has 194 valence electrons. The Labute approximate surface area is 212 Å². The van der Waals surface area contributed by atoms with Gasteiger partial charge in [0.05, 0.1) is 23.0 Å². The molecule has 8 atom stereocenters. The number of cyclic esters (lactones) is 1. The minimum atomic E-state index is -1.05. The van der Waals surface area contributed by atoms with Crippen LogP contribution in [0, 0.1) is 28.6 Å². The third-order valence-electron chi connectivity index (χ3n) is 10.9. The smallest absolute Gasteiger partial charge is 0.331 e. The molecule has 7 heteroatoms. The number of hydrogen-bond donors (Lipinski definition) is 4. The number of hydrogen-bond acceptors (Lipinski definition) is 7. The number of esters is 1. The van der Waals surface area contributed by atoms with Crippen LogP contribution in [0.4, 0.5) is 5.69 Å². The number of benzene rings is 1. The van der Waals surface area contributed by atoms with Crippen molar-refractivity contribution >= 4 is 17.9 Å². The number of aliphatic hydroxyl groups is 3. The lowest BCUT2D eigenvalue weighted by Gasteiger charge is -2.65. The summed E-state index contributed by atoms with van der Waals surface area (Å²) in [5, 5.41) is 39.7. The van der Waals surface area contributed by atoms with Crippen LogP contribution < -0.4 is 5.43 Å². The standard InChI is InChI=1S/C29H38N2O5/c1-26-11-8-23-24(29(26,35)14-10-22(26)19-15-25(33)36-17-19)9-13-28(34)16-21(32)7-12-27(23,28)18-30-31-20-5-3-2-4-6-20/h2-6,15,18,21-24,31-32,34-35H,7-14,16-17H2,1H3/b30-18-/t21-,22-,23+,24-,26-,27+,28+,29-/m1/s1. The minimum Gasteiger partial charge on any atom is -0.458 e. The van der Waals surface area contributed by atoms with Crippen LogP contribution in [-0.4, -0.2) is 51.4 Å². The molecule has 4 aliphatic carbocycles. The second kappa shape index (κ2) is 8.40. The maximum absolute atomic E-state index is 12.5. The predicted octanol–water partition coefficient (Wildman–Crippen LogP) is 3.80. The van der Waals surface area contributed by atoms with Crippen LogP contribution in [0.5, 0.6) is 0 Å². The lowest BCUT2D eigenvalue weighted by molar-refractivity contribution is -0.237. The zero-order chi connectivity index (χ0) is 25.2. The number of carbonyl (C=O) groups excluding carboxylic acids is 1. The molecule has 1 aromatic rings. The van der Waals surface area contributed by atoms with Crippen LogP contribution >= 0.6 is 0 Å². The van der Waals surface area contributed by atoms with Crippen LogP contribution in [-0.2, 0) is 9.53 Å². The Kier molecular flexibility index (Phi) is 5.63. The molecule has 1 aromatic carbocycles. The van der Waals surface area contributed by atoms with Crippen LogP contribution in [0.3, 0.4) is 0 Å². The molecule has 4 fully saturated rings. The lowest BCUT2D eigenvalue weighted by Crippen LogP contribution is -2.68. The molecule has 0 saturated heterocycles. The van der Waals surface area contributed by atoms with E-state index in [0.717, 1.165) is 36.9 Å². The Morgan fingerprint density at radius 1 is 1.03 bits per heavy atom. The van der Waals surface area contributed by atoms with E-state index in [2.05, 4.69) is 17.5 Å². The molecule has 0 radical (unpaired) electrons. The number of hydrazone groups is 1. The quantitative estimate of drug-likeness (QED) is 0.288. The Hall–Kier alpha value is -2.22. The Balaban J connectivity index is 1.35. The molecule has 1 aliphatic heterocycles. The highest BCUT2D eigenvalue weighted by Gasteiger charge is 2.71. The molecule has 7 nitrogen and oxygen atoms in total. The van der Waals surface area contributed by atoms with Gasteiger partial charge in [-0.2, -0.15) is 5.10 Å². The number of anilines is 1. The van der Waals surface area contributed by atoms with E-state index in [4.69, 9.17) is 4.74 Å². The topological polar surface area (TPSA) is 111 Å². The zero-order valence-electron chi connectivity index (χ0n) is 21.0. The van der Waals surface area contributed by atoms with Crippen molar-refractivity contribution < 1.29 is 24.9 Å². The van der Waals surface area contributed by atoms with Crippen molar-refractivity contribution in [3.63, 3.8) is 0 Å². The number of rotatable bonds is 4. The van der Waals surface area contributed by atoms with Crippen LogP contribution in [0.1, 0.15) is 64.7 Å². The van der Waals surface area contributed by atoms with Gasteiger partial charge in [0.25, 0.3) is 0 Å². The van der Waals surface area contributed by atoms with Crippen LogP contribution in [0.25, 0.3) is 0 Å². The van der Waals surface area contributed by atoms with Gasteiger partial charge < -0.3 is 20.1 Å². The third kappa shape index (κ3) is 3.35. The van der Waals surface area contributed by atoms with Gasteiger partial charge in [0.2, 0.25) is 0 Å². The Morgan fingerprint density at radius 3 is 2.56 bits per heavy atom. The van der Waals surface area contributed by atoms with Gasteiger partial charge in [-0.05, 0) is 86.8 Å². The Morgan fingerprint density at radius 2 is 1.81 bits per heavy atom. The summed E-state index contributed by atoms with van der Waals surface area (Å²) < 4.78 is 5.24. The summed E-state index contributed by atoms with van der Waals surface area (Å²) >= 11 is 0. The molecule has 36 heavy (non-hydrogen) atoms. The maximum atomic E-state index is 12.5. The third-order valence-corrected chi connectivity index (χ3v) is 10.9. The maximum Gasteiger partial charge on any atom is 0.331 e. The molecule has 4 saturated carbocycles. The summed E-state index contributed by atoms with van der Waals surface area (Å²) in [5.41, 5.74) is 2.16. The summed E-state index contributed by atoms with van der Waals surface area (Å²) in [4.78, 5) is 11.8. The van der Waals surface area contributed by atoms with Crippen LogP contribution in [0.2, 0.25) is 0 Å². The van der Waals surface area contributed by atoms with Crippen molar-refractivity contribution in [1.29, 1.82) is 0 Å². The van der Waals surface area contributed by atoms with Crippen LogP contribution in [0.15, 0.2) is 47.1 Å². The average Bonchev–Trinajstić information content (AvgIpc) is 3.40. The normalized spacial score (nSPS) is 46.0. The van der Waals surface area contributed by atoms with E-state index in [1.54, 1.807) is 6.08 Å². The summed E-state index contributed by atoms with van der Waals surface area (Å²) in [6, 6.07) is 9.77. The van der Waals surface area contributed by atoms with Gasteiger partial charge in [-0.15, -0.1) is 0 Å². The minimum absolute atomic E-state index is 0.0265. The Bertz CT molecular complexity index is 1090. The van der Waals surface area contributed by atoms with Gasteiger partial charge in [0.15, 0.2) is 0 Å². The number of nitrogens with one attached hydrogen (secondary N) is 1. The van der Waals surface area contributed by atoms with Crippen molar-refractivity contribution in [3.05, 3.63) is 42.0 Å². The SMILES string of the molecule is C[C@]12CC[C@H]3[C@@H](CC[C@]4(O)C[C@H](O)CC[C@]34/C=N\Nc3ccccc3)[C@]1(O)CC[C@@H]2C1=CC(=O)OC1. The molecule has 4 N–H and O–H groups in total. The van der Waals surface area contributed by atoms with Crippen molar-refractivity contribution in [2.75, 3.05) is 12.0 Å². The molecule has 1 heterocycles. The first kappa shape index (κ1) is 24.1. The second-order valence-electron chi connectivity index (χ2n) is 12.3. The van der Waals surface area contributed by atoms with Gasteiger partial charge >= 0.3 is 5.97 Å². The second-order valence-corrected chi connectivity index (χ2v) is 12.3. The summed E-state index contributed by atoms with van der Waals surface area (Å²) in [7, 11) is 0. The molecule has 0 amide bonds. The van der Waals surface area contributed by atoms with Gasteiger partial charge in [-0.1, -0.05) is 25.1 Å². The fourth-order valence-corrected chi connectivity index (χ4v) is 9.10. The van der Waals surface area contributed by atoms with E-state index >= 15 is 0 Å². The fraction of sp³-hybridized carbons (Fsp3) is 0.655. The first-order chi connectivity index (χ1) is 17.2. The van der Waals surface area contributed by atoms with E-state index in [-0.39, 0.29) is 29.1 Å². The number of fused-ring (bicyclic) bond motifs is 5. The van der Waals surface area contributed by atoms with Crippen molar-refractivity contribution in [3.8, 4) is 0 Å². The van der Waals surface area contributed by atoms with Crippen molar-refractivity contribution in [2.24, 2.45) is 33.7 Å². The molecule has 0 aromatic heterocycles. The number of nitrogens with zero attached hydrogens (tertiary/aromatic N) is 1. The molecule has 5 aliphatic rings. The summed E-state index contributed by atoms with van der Waals surface area (Å²) in [6.07, 6.45) is 9.15. The molecular formula is C29H38N2O5. The summed E-state index contributed by atoms with van der Waals surface area (Å²) in [5.74, 6) is -0.0496. The lowest BCUT2D eigenvalue weighted by atomic mass is 9.41. The molecular weight excluding hydrogens is 456 g/mol. The largest absolute Gasteiger partial charge is 0.458 e. The fourth-order valence-electron chi connectivity index (χ4n) is 9.10. The van der Waals surface area contributed by atoms with Crippen molar-refractivity contribution in [2.45, 2.75) is 82.0 Å². The van der Waals surface area contributed by atoms with E-state index < -0.39 is 22.7 Å². The van der Waals surface area contributed by atoms with E-state index in [0.29, 0.717) is 38.7 Å². The average molecular weight is 495 g/mol. The molecule has 0 spiro atoms. The highest BCUT2D eigenvalue weighted by molar-refractivity contribution is 5.85. The first-order valence-corrected chi connectivity index (χ1v) is 13.6.